The van der Waals surface area contributed by atoms with Crippen LogP contribution in [0.1, 0.15) is 63.4 Å². The molecule has 3 N–H and O–H groups in total. The highest BCUT2D eigenvalue weighted by Crippen LogP contribution is 2.26. The molecule has 156 valence electrons. The number of hydrogen-bond acceptors (Lipinski definition) is 3. The zero-order valence-corrected chi connectivity index (χ0v) is 17.6. The molecule has 3 atom stereocenters. The van der Waals surface area contributed by atoms with E-state index < -0.39 is 0 Å². The van der Waals surface area contributed by atoms with E-state index in [9.17, 15) is 9.59 Å². The molecule has 1 aromatic rings. The number of amides is 2. The first kappa shape index (κ1) is 22.7. The quantitative estimate of drug-likeness (QED) is 0.786. The molecule has 0 radical (unpaired) electrons. The molecule has 1 saturated carbocycles. The zero-order valence-electron chi connectivity index (χ0n) is 16.8. The smallest absolute Gasteiger partial charge is 0.230 e. The molecular weight excluding hydrogens is 374 g/mol. The summed E-state index contributed by atoms with van der Waals surface area (Å²) in [4.78, 5) is 27.5. The van der Waals surface area contributed by atoms with Crippen molar-refractivity contribution >= 4 is 24.2 Å². The Morgan fingerprint density at radius 3 is 2.43 bits per heavy atom. The number of nitrogens with one attached hydrogen (secondary N) is 1. The summed E-state index contributed by atoms with van der Waals surface area (Å²) < 4.78 is 0. The number of nitrogens with zero attached hydrogens (tertiary/aromatic N) is 1. The summed E-state index contributed by atoms with van der Waals surface area (Å²) in [5.74, 6) is 0.370. The van der Waals surface area contributed by atoms with Crippen LogP contribution >= 0.6 is 12.4 Å². The maximum absolute atomic E-state index is 13.0. The average molecular weight is 408 g/mol. The van der Waals surface area contributed by atoms with E-state index in [1.165, 1.54) is 0 Å². The summed E-state index contributed by atoms with van der Waals surface area (Å²) in [6.07, 6.45) is 6.31. The lowest BCUT2D eigenvalue weighted by Crippen LogP contribution is -2.49. The second kappa shape index (κ2) is 10.8. The van der Waals surface area contributed by atoms with E-state index in [0.717, 1.165) is 63.6 Å². The van der Waals surface area contributed by atoms with E-state index >= 15 is 0 Å². The fraction of sp³-hybridized carbons (Fsp3) is 0.636. The topological polar surface area (TPSA) is 75.4 Å². The minimum Gasteiger partial charge on any atom is -0.353 e. The van der Waals surface area contributed by atoms with Crippen molar-refractivity contribution in [1.82, 2.24) is 10.2 Å². The van der Waals surface area contributed by atoms with Crippen LogP contribution in [0.2, 0.25) is 0 Å². The summed E-state index contributed by atoms with van der Waals surface area (Å²) in [5, 5.41) is 3.21. The van der Waals surface area contributed by atoms with Crippen LogP contribution in [0.5, 0.6) is 0 Å². The number of piperidine rings is 1. The first-order valence-electron chi connectivity index (χ1n) is 10.5. The van der Waals surface area contributed by atoms with Crippen LogP contribution in [0.3, 0.4) is 0 Å². The molecule has 5 nitrogen and oxygen atoms in total. The molecule has 0 bridgehead atoms. The molecular formula is C22H34ClN3O2. The Bertz CT molecular complexity index is 632. The molecule has 2 fully saturated rings. The third-order valence-corrected chi connectivity index (χ3v) is 6.15. The lowest BCUT2D eigenvalue weighted by atomic mass is 9.85. The molecule has 0 aromatic heterocycles. The van der Waals surface area contributed by atoms with Gasteiger partial charge in [-0.1, -0.05) is 43.7 Å². The van der Waals surface area contributed by atoms with Crippen LogP contribution in [0, 0.1) is 5.92 Å². The summed E-state index contributed by atoms with van der Waals surface area (Å²) in [6.45, 7) is 3.51. The predicted molar refractivity (Wildman–Crippen MR) is 114 cm³/mol. The molecule has 3 rings (SSSR count). The maximum Gasteiger partial charge on any atom is 0.230 e. The van der Waals surface area contributed by atoms with Gasteiger partial charge in [-0.2, -0.15) is 0 Å². The summed E-state index contributed by atoms with van der Waals surface area (Å²) in [5.41, 5.74) is 7.10. The second-order valence-corrected chi connectivity index (χ2v) is 8.10. The Labute approximate surface area is 174 Å². The van der Waals surface area contributed by atoms with Gasteiger partial charge < -0.3 is 16.0 Å². The largest absolute Gasteiger partial charge is 0.353 e. The fourth-order valence-electron chi connectivity index (χ4n) is 4.49. The molecule has 28 heavy (non-hydrogen) atoms. The molecule has 6 heteroatoms. The van der Waals surface area contributed by atoms with E-state index in [0.29, 0.717) is 0 Å². The lowest BCUT2D eigenvalue weighted by Gasteiger charge is -2.35. The number of carbonyl (C=O) groups is 2. The van der Waals surface area contributed by atoms with Gasteiger partial charge in [0.1, 0.15) is 0 Å². The minimum atomic E-state index is -0.0685. The van der Waals surface area contributed by atoms with Crippen molar-refractivity contribution in [2.45, 2.75) is 69.9 Å². The Morgan fingerprint density at radius 1 is 1.14 bits per heavy atom. The fourth-order valence-corrected chi connectivity index (χ4v) is 4.49. The van der Waals surface area contributed by atoms with Crippen LogP contribution in [-0.4, -0.2) is 41.9 Å². The predicted octanol–water partition coefficient (Wildman–Crippen LogP) is 3.23. The first-order chi connectivity index (χ1) is 13.1. The highest BCUT2D eigenvalue weighted by Gasteiger charge is 2.31. The zero-order chi connectivity index (χ0) is 19.2. The van der Waals surface area contributed by atoms with Gasteiger partial charge in [-0.3, -0.25) is 9.59 Å². The van der Waals surface area contributed by atoms with Crippen molar-refractivity contribution in [3.8, 4) is 0 Å². The second-order valence-electron chi connectivity index (χ2n) is 8.10. The van der Waals surface area contributed by atoms with Gasteiger partial charge >= 0.3 is 0 Å². The number of likely N-dealkylation sites (tertiary alicyclic amines) is 1. The van der Waals surface area contributed by atoms with Gasteiger partial charge in [-0.05, 0) is 44.1 Å². The van der Waals surface area contributed by atoms with Gasteiger partial charge in [0.25, 0.3) is 0 Å². The van der Waals surface area contributed by atoms with Crippen LogP contribution in [0.15, 0.2) is 30.3 Å². The van der Waals surface area contributed by atoms with E-state index in [1.54, 1.807) is 0 Å². The molecule has 1 aromatic carbocycles. The molecule has 2 amide bonds. The Hall–Kier alpha value is -1.59. The molecule has 1 aliphatic carbocycles. The maximum atomic E-state index is 13.0. The van der Waals surface area contributed by atoms with E-state index in [1.807, 2.05) is 35.2 Å². The monoisotopic (exact) mass is 407 g/mol. The van der Waals surface area contributed by atoms with E-state index in [-0.39, 0.29) is 48.1 Å². The number of benzene rings is 1. The van der Waals surface area contributed by atoms with Crippen molar-refractivity contribution in [3.63, 3.8) is 0 Å². The molecule has 0 spiro atoms. The summed E-state index contributed by atoms with van der Waals surface area (Å²) in [7, 11) is 0. The van der Waals surface area contributed by atoms with Gasteiger partial charge in [-0.25, -0.2) is 0 Å². The van der Waals surface area contributed by atoms with Crippen LogP contribution in [0.4, 0.5) is 0 Å². The molecule has 3 unspecified atom stereocenters. The average Bonchev–Trinajstić information content (AvgIpc) is 2.70. The van der Waals surface area contributed by atoms with Gasteiger partial charge in [-0.15, -0.1) is 12.4 Å². The number of nitrogens with two attached hydrogens (primary N) is 1. The number of rotatable bonds is 5. The van der Waals surface area contributed by atoms with E-state index in [2.05, 4.69) is 12.2 Å². The highest BCUT2D eigenvalue weighted by atomic mass is 35.5. The van der Waals surface area contributed by atoms with Gasteiger partial charge in [0.2, 0.25) is 11.8 Å². The van der Waals surface area contributed by atoms with E-state index in [4.69, 9.17) is 5.73 Å². The van der Waals surface area contributed by atoms with Crippen LogP contribution in [0.25, 0.3) is 0 Å². The van der Waals surface area contributed by atoms with Crippen LogP contribution in [-0.2, 0) is 9.59 Å². The summed E-state index contributed by atoms with van der Waals surface area (Å²) in [6, 6.07) is 10.4. The Balaban J connectivity index is 0.00000280. The van der Waals surface area contributed by atoms with Crippen molar-refractivity contribution in [3.05, 3.63) is 35.9 Å². The molecule has 2 aliphatic rings. The normalized spacial score (nSPS) is 24.1. The van der Waals surface area contributed by atoms with Crippen molar-refractivity contribution in [2.75, 3.05) is 13.1 Å². The van der Waals surface area contributed by atoms with Gasteiger partial charge in [0.05, 0.1) is 5.92 Å². The van der Waals surface area contributed by atoms with Crippen LogP contribution < -0.4 is 11.1 Å². The molecule has 1 heterocycles. The van der Waals surface area contributed by atoms with Crippen molar-refractivity contribution in [1.29, 1.82) is 0 Å². The molecule has 1 saturated heterocycles. The highest BCUT2D eigenvalue weighted by molar-refractivity contribution is 5.85. The number of halogens is 1. The summed E-state index contributed by atoms with van der Waals surface area (Å²) >= 11 is 0. The number of carbonyl (C=O) groups excluding carboxylic acids is 2. The third-order valence-electron chi connectivity index (χ3n) is 6.15. The first-order valence-corrected chi connectivity index (χ1v) is 10.5. The number of hydrogen-bond donors (Lipinski definition) is 2. The minimum absolute atomic E-state index is 0. The lowest BCUT2D eigenvalue weighted by molar-refractivity contribution is -0.134. The SMILES string of the molecule is CCC(C(=O)N1CCC(NC(=O)C2CCCC(N)C2)CC1)c1ccccc1.Cl. The van der Waals surface area contributed by atoms with Crippen molar-refractivity contribution in [2.24, 2.45) is 11.7 Å². The van der Waals surface area contributed by atoms with Gasteiger partial charge in [0, 0.05) is 31.1 Å². The Morgan fingerprint density at radius 2 is 1.82 bits per heavy atom. The van der Waals surface area contributed by atoms with Crippen molar-refractivity contribution < 1.29 is 9.59 Å². The van der Waals surface area contributed by atoms with Gasteiger partial charge in [0.15, 0.2) is 0 Å². The molecule has 1 aliphatic heterocycles. The third kappa shape index (κ3) is 5.71. The Kier molecular flexibility index (Phi) is 8.77. The standard InChI is InChI=1S/C22H33N3O2.ClH/c1-2-20(16-7-4-3-5-8-16)22(27)25-13-11-19(12-14-25)24-21(26)17-9-6-10-18(23)15-17;/h3-5,7-8,17-20H,2,6,9-15,23H2,1H3,(H,24,26);1H.